The van der Waals surface area contributed by atoms with E-state index >= 15 is 0 Å². The molecule has 0 N–H and O–H groups in total. The Hall–Kier alpha value is -1.24. The molecule has 0 amide bonds. The van der Waals surface area contributed by atoms with E-state index in [0.29, 0.717) is 5.41 Å². The zero-order chi connectivity index (χ0) is 11.6. The van der Waals surface area contributed by atoms with Crippen molar-refractivity contribution in [2.24, 2.45) is 5.41 Å². The average Bonchev–Trinajstić information content (AvgIpc) is 2.28. The second-order valence-corrected chi connectivity index (χ2v) is 5.34. The molecule has 0 unspecified atom stereocenters. The van der Waals surface area contributed by atoms with Crippen molar-refractivity contribution in [3.05, 3.63) is 35.9 Å². The molecule has 1 nitrogen and oxygen atoms in total. The SMILES string of the molecule is COc1cccc(C2=CCCC(C)(C)C2)c1. The number of hydrogen-bond acceptors (Lipinski definition) is 1. The van der Waals surface area contributed by atoms with Gasteiger partial charge in [-0.3, -0.25) is 0 Å². The quantitative estimate of drug-likeness (QED) is 0.716. The summed E-state index contributed by atoms with van der Waals surface area (Å²) in [5.41, 5.74) is 3.22. The largest absolute Gasteiger partial charge is 0.497 e. The first-order valence-electron chi connectivity index (χ1n) is 5.94. The van der Waals surface area contributed by atoms with Crippen LogP contribution in [0.1, 0.15) is 38.7 Å². The van der Waals surface area contributed by atoms with Gasteiger partial charge >= 0.3 is 0 Å². The Labute approximate surface area is 98.1 Å². The van der Waals surface area contributed by atoms with E-state index in [1.54, 1.807) is 7.11 Å². The summed E-state index contributed by atoms with van der Waals surface area (Å²) in [6.07, 6.45) is 6.03. The molecule has 0 bridgehead atoms. The number of rotatable bonds is 2. The molecule has 0 atom stereocenters. The minimum Gasteiger partial charge on any atom is -0.497 e. The molecule has 0 saturated heterocycles. The van der Waals surface area contributed by atoms with Crippen LogP contribution in [0.2, 0.25) is 0 Å². The Morgan fingerprint density at radius 2 is 2.06 bits per heavy atom. The number of methoxy groups -OCH3 is 1. The maximum absolute atomic E-state index is 5.27. The Bertz CT molecular complexity index is 402. The van der Waals surface area contributed by atoms with Crippen molar-refractivity contribution in [3.8, 4) is 5.75 Å². The first-order valence-corrected chi connectivity index (χ1v) is 5.94. The van der Waals surface area contributed by atoms with Gasteiger partial charge in [-0.2, -0.15) is 0 Å². The number of benzene rings is 1. The Morgan fingerprint density at radius 1 is 1.25 bits per heavy atom. The fraction of sp³-hybridized carbons (Fsp3) is 0.467. The maximum atomic E-state index is 5.27. The summed E-state index contributed by atoms with van der Waals surface area (Å²) < 4.78 is 5.27. The lowest BCUT2D eigenvalue weighted by atomic mass is 9.76. The third kappa shape index (κ3) is 2.46. The number of allylic oxidation sites excluding steroid dienone is 2. The van der Waals surface area contributed by atoms with Gasteiger partial charge in [0.15, 0.2) is 0 Å². The fourth-order valence-corrected chi connectivity index (χ4v) is 2.36. The van der Waals surface area contributed by atoms with Crippen LogP contribution in [0.25, 0.3) is 5.57 Å². The fourth-order valence-electron chi connectivity index (χ4n) is 2.36. The van der Waals surface area contributed by atoms with Crippen LogP contribution < -0.4 is 4.74 Å². The molecule has 0 heterocycles. The van der Waals surface area contributed by atoms with Gasteiger partial charge in [0.05, 0.1) is 7.11 Å². The zero-order valence-corrected chi connectivity index (χ0v) is 10.4. The van der Waals surface area contributed by atoms with Crippen LogP contribution in [-0.2, 0) is 0 Å². The summed E-state index contributed by atoms with van der Waals surface area (Å²) in [6, 6.07) is 8.37. The smallest absolute Gasteiger partial charge is 0.119 e. The minimum absolute atomic E-state index is 0.438. The molecule has 16 heavy (non-hydrogen) atoms. The highest BCUT2D eigenvalue weighted by Crippen LogP contribution is 2.39. The zero-order valence-electron chi connectivity index (χ0n) is 10.4. The number of ether oxygens (including phenoxy) is 1. The predicted octanol–water partition coefficient (Wildman–Crippen LogP) is 4.29. The third-order valence-electron chi connectivity index (χ3n) is 3.32. The van der Waals surface area contributed by atoms with Gasteiger partial charge in [-0.1, -0.05) is 32.1 Å². The topological polar surface area (TPSA) is 9.23 Å². The number of hydrogen-bond donors (Lipinski definition) is 0. The lowest BCUT2D eigenvalue weighted by molar-refractivity contribution is 0.338. The Kier molecular flexibility index (Phi) is 3.04. The normalized spacial score (nSPS) is 19.1. The van der Waals surface area contributed by atoms with Crippen LogP contribution in [0, 0.1) is 5.41 Å². The van der Waals surface area contributed by atoms with Gasteiger partial charge in [0.2, 0.25) is 0 Å². The molecule has 1 aromatic carbocycles. The molecular weight excluding hydrogens is 196 g/mol. The van der Waals surface area contributed by atoms with Crippen LogP contribution in [-0.4, -0.2) is 7.11 Å². The average molecular weight is 216 g/mol. The summed E-state index contributed by atoms with van der Waals surface area (Å²) in [4.78, 5) is 0. The molecule has 0 radical (unpaired) electrons. The van der Waals surface area contributed by atoms with Crippen molar-refractivity contribution in [1.82, 2.24) is 0 Å². The molecule has 0 fully saturated rings. The lowest BCUT2D eigenvalue weighted by Crippen LogP contribution is -2.15. The third-order valence-corrected chi connectivity index (χ3v) is 3.32. The second-order valence-electron chi connectivity index (χ2n) is 5.34. The van der Waals surface area contributed by atoms with Crippen LogP contribution in [0.15, 0.2) is 30.3 Å². The van der Waals surface area contributed by atoms with Crippen molar-refractivity contribution in [3.63, 3.8) is 0 Å². The van der Waals surface area contributed by atoms with E-state index in [-0.39, 0.29) is 0 Å². The standard InChI is InChI=1S/C15H20O/c1-15(2)9-5-7-13(11-15)12-6-4-8-14(10-12)16-3/h4,6-8,10H,5,9,11H2,1-3H3. The Morgan fingerprint density at radius 3 is 2.75 bits per heavy atom. The Balaban J connectivity index is 2.27. The molecule has 0 aliphatic heterocycles. The molecule has 1 heteroatoms. The van der Waals surface area contributed by atoms with Crippen LogP contribution >= 0.6 is 0 Å². The van der Waals surface area contributed by atoms with Crippen molar-refractivity contribution in [2.75, 3.05) is 7.11 Å². The van der Waals surface area contributed by atoms with Gasteiger partial charge in [-0.25, -0.2) is 0 Å². The highest BCUT2D eigenvalue weighted by Gasteiger charge is 2.23. The first-order chi connectivity index (χ1) is 7.61. The highest BCUT2D eigenvalue weighted by atomic mass is 16.5. The monoisotopic (exact) mass is 216 g/mol. The van der Waals surface area contributed by atoms with Gasteiger partial charge in [-0.05, 0) is 47.9 Å². The lowest BCUT2D eigenvalue weighted by Gasteiger charge is -2.30. The molecule has 0 saturated carbocycles. The summed E-state index contributed by atoms with van der Waals surface area (Å²) in [5.74, 6) is 0.946. The molecule has 86 valence electrons. The van der Waals surface area contributed by atoms with Gasteiger partial charge < -0.3 is 4.74 Å². The summed E-state index contributed by atoms with van der Waals surface area (Å²) in [5, 5.41) is 0. The van der Waals surface area contributed by atoms with Crippen LogP contribution in [0.4, 0.5) is 0 Å². The summed E-state index contributed by atoms with van der Waals surface area (Å²) in [6.45, 7) is 4.69. The molecule has 1 aromatic rings. The molecule has 1 aliphatic rings. The first kappa shape index (κ1) is 11.3. The molecule has 1 aliphatic carbocycles. The molecular formula is C15H20O. The van der Waals surface area contributed by atoms with Crippen molar-refractivity contribution in [1.29, 1.82) is 0 Å². The van der Waals surface area contributed by atoms with Crippen LogP contribution in [0.5, 0.6) is 5.75 Å². The molecule has 0 aromatic heterocycles. The van der Waals surface area contributed by atoms with Gasteiger partial charge in [0, 0.05) is 0 Å². The second kappa shape index (κ2) is 4.32. The van der Waals surface area contributed by atoms with E-state index in [0.717, 1.165) is 5.75 Å². The highest BCUT2D eigenvalue weighted by molar-refractivity contribution is 5.67. The van der Waals surface area contributed by atoms with Gasteiger partial charge in [-0.15, -0.1) is 0 Å². The summed E-state index contributed by atoms with van der Waals surface area (Å²) >= 11 is 0. The van der Waals surface area contributed by atoms with Crippen molar-refractivity contribution in [2.45, 2.75) is 33.1 Å². The predicted molar refractivity (Wildman–Crippen MR) is 68.6 cm³/mol. The van der Waals surface area contributed by atoms with Gasteiger partial charge in [0.25, 0.3) is 0 Å². The van der Waals surface area contributed by atoms with E-state index in [9.17, 15) is 0 Å². The summed E-state index contributed by atoms with van der Waals surface area (Å²) in [7, 11) is 1.72. The van der Waals surface area contributed by atoms with E-state index < -0.39 is 0 Å². The minimum atomic E-state index is 0.438. The van der Waals surface area contributed by atoms with E-state index in [1.165, 1.54) is 30.4 Å². The van der Waals surface area contributed by atoms with E-state index in [4.69, 9.17) is 4.74 Å². The van der Waals surface area contributed by atoms with Crippen molar-refractivity contribution < 1.29 is 4.74 Å². The van der Waals surface area contributed by atoms with Crippen molar-refractivity contribution >= 4 is 5.57 Å². The maximum Gasteiger partial charge on any atom is 0.119 e. The van der Waals surface area contributed by atoms with Gasteiger partial charge in [0.1, 0.15) is 5.75 Å². The van der Waals surface area contributed by atoms with E-state index in [2.05, 4.69) is 38.1 Å². The molecule has 0 spiro atoms. The molecule has 2 rings (SSSR count). The van der Waals surface area contributed by atoms with Crippen LogP contribution in [0.3, 0.4) is 0 Å². The van der Waals surface area contributed by atoms with E-state index in [1.807, 2.05) is 6.07 Å².